The topological polar surface area (TPSA) is 116 Å². The number of nitrogens with zero attached hydrogens (tertiary/aromatic N) is 1. The Hall–Kier alpha value is -2.46. The van der Waals surface area contributed by atoms with E-state index in [1.165, 1.54) is 26.2 Å². The Labute approximate surface area is 205 Å². The first-order chi connectivity index (χ1) is 15.8. The number of benzene rings is 2. The van der Waals surface area contributed by atoms with E-state index in [1.807, 2.05) is 30.3 Å². The lowest BCUT2D eigenvalue weighted by Crippen LogP contribution is -2.68. The van der Waals surface area contributed by atoms with Crippen LogP contribution in [0.3, 0.4) is 0 Å². The van der Waals surface area contributed by atoms with Crippen LogP contribution in [0.4, 0.5) is 5.69 Å². The van der Waals surface area contributed by atoms with Gasteiger partial charge in [0.25, 0.3) is 0 Å². The first-order valence-corrected chi connectivity index (χ1v) is 12.7. The maximum Gasteiger partial charge on any atom is 0.247 e. The van der Waals surface area contributed by atoms with Gasteiger partial charge in [0, 0.05) is 20.1 Å². The molecule has 0 heterocycles. The Balaban J connectivity index is 1.94. The summed E-state index contributed by atoms with van der Waals surface area (Å²) in [6, 6.07) is 10.3. The summed E-state index contributed by atoms with van der Waals surface area (Å²) in [7, 11) is -1.42. The van der Waals surface area contributed by atoms with Gasteiger partial charge in [-0.15, -0.1) is 0 Å². The molecule has 0 spiro atoms. The van der Waals surface area contributed by atoms with E-state index in [1.54, 1.807) is 0 Å². The fourth-order valence-electron chi connectivity index (χ4n) is 3.89. The summed E-state index contributed by atoms with van der Waals surface area (Å²) >= 11 is 6.07. The molecule has 0 aliphatic heterocycles. The molecule has 0 radical (unpaired) electrons. The average molecular weight is 508 g/mol. The predicted octanol–water partition coefficient (Wildman–Crippen LogP) is 3.36. The first-order valence-electron chi connectivity index (χ1n) is 10.9. The minimum Gasteiger partial charge on any atom is -0.504 e. The van der Waals surface area contributed by atoms with Crippen LogP contribution in [-0.2, 0) is 19.6 Å². The molecule has 0 amide bonds. The number of phenols is 1. The van der Waals surface area contributed by atoms with Crippen molar-refractivity contribution in [1.29, 1.82) is 0 Å². The third-order valence-corrected chi connectivity index (χ3v) is 8.76. The number of hydrogen-bond donors (Lipinski definition) is 3. The Bertz CT molecular complexity index is 1200. The van der Waals surface area contributed by atoms with E-state index < -0.39 is 44.3 Å². The zero-order valence-electron chi connectivity index (χ0n) is 19.8. The quantitative estimate of drug-likeness (QED) is 0.352. The van der Waals surface area contributed by atoms with Crippen LogP contribution in [0.25, 0.3) is 0 Å². The number of phenolic OH excluding ortho intramolecular Hbond substituents is 1. The Morgan fingerprint density at radius 2 is 1.65 bits per heavy atom. The molecule has 3 N–H and O–H groups in total. The van der Waals surface area contributed by atoms with Crippen LogP contribution in [0.1, 0.15) is 38.8 Å². The van der Waals surface area contributed by atoms with Crippen LogP contribution in [0.15, 0.2) is 47.4 Å². The molecule has 34 heavy (non-hydrogen) atoms. The molecule has 0 saturated heterocycles. The maximum absolute atomic E-state index is 12.6. The van der Waals surface area contributed by atoms with Gasteiger partial charge < -0.3 is 10.4 Å². The summed E-state index contributed by atoms with van der Waals surface area (Å²) in [6.45, 7) is 6.21. The molecule has 10 heteroatoms. The second kappa shape index (κ2) is 9.65. The second-order valence-electron chi connectivity index (χ2n) is 9.24. The zero-order valence-corrected chi connectivity index (χ0v) is 21.4. The van der Waals surface area contributed by atoms with Gasteiger partial charge in [-0.1, -0.05) is 62.7 Å². The molecule has 2 aromatic carbocycles. The van der Waals surface area contributed by atoms with Gasteiger partial charge in [0.2, 0.25) is 21.6 Å². The van der Waals surface area contributed by atoms with Crippen molar-refractivity contribution in [3.63, 3.8) is 0 Å². The molecule has 1 aliphatic carbocycles. The van der Waals surface area contributed by atoms with Gasteiger partial charge in [-0.05, 0) is 29.5 Å². The van der Waals surface area contributed by atoms with Gasteiger partial charge in [0.1, 0.15) is 17.0 Å². The summed E-state index contributed by atoms with van der Waals surface area (Å²) < 4.78 is 26.2. The van der Waals surface area contributed by atoms with Crippen LogP contribution in [-0.4, -0.2) is 55.6 Å². The van der Waals surface area contributed by atoms with E-state index in [-0.39, 0.29) is 22.2 Å². The lowest BCUT2D eigenvalue weighted by molar-refractivity contribution is -0.146. The van der Waals surface area contributed by atoms with E-state index in [4.69, 9.17) is 11.6 Å². The number of hydrogen-bond acceptors (Lipinski definition) is 7. The summed E-state index contributed by atoms with van der Waals surface area (Å²) in [6.07, 6.45) is 0.816. The summed E-state index contributed by atoms with van der Waals surface area (Å²) in [5, 5.41) is 16.8. The SMILES string of the molecule is CCC(C)(C)C(NC1C(=O)C(=O)C1Nc1ccc(Cl)c(S(=O)(=O)N(C)C)c1O)c1ccccc1. The molecular formula is C24H30ClN3O5S. The number of sulfonamides is 1. The Kier molecular flexibility index (Phi) is 7.43. The lowest BCUT2D eigenvalue weighted by Gasteiger charge is -2.42. The van der Waals surface area contributed by atoms with E-state index in [9.17, 15) is 23.1 Å². The largest absolute Gasteiger partial charge is 0.504 e. The predicted molar refractivity (Wildman–Crippen MR) is 132 cm³/mol. The number of halogens is 1. The third-order valence-electron chi connectivity index (χ3n) is 6.45. The number of anilines is 1. The van der Waals surface area contributed by atoms with Gasteiger partial charge in [-0.25, -0.2) is 12.7 Å². The number of Topliss-reactive ketones (excluding diaryl/α,β-unsaturated/α-hetero) is 2. The molecule has 1 aliphatic rings. The minimum atomic E-state index is -4.06. The van der Waals surface area contributed by atoms with Crippen LogP contribution >= 0.6 is 11.6 Å². The molecule has 3 rings (SSSR count). The van der Waals surface area contributed by atoms with Crippen LogP contribution < -0.4 is 10.6 Å². The number of carbonyl (C=O) groups excluding carboxylic acids is 2. The molecule has 3 unspecified atom stereocenters. The van der Waals surface area contributed by atoms with Crippen LogP contribution in [0.2, 0.25) is 5.02 Å². The number of nitrogens with one attached hydrogen (secondary N) is 2. The Morgan fingerprint density at radius 1 is 1.06 bits per heavy atom. The highest BCUT2D eigenvalue weighted by Gasteiger charge is 2.51. The van der Waals surface area contributed by atoms with Crippen LogP contribution in [0.5, 0.6) is 5.75 Å². The molecule has 3 atom stereocenters. The molecule has 0 bridgehead atoms. The van der Waals surface area contributed by atoms with Crippen molar-refractivity contribution in [2.75, 3.05) is 19.4 Å². The first kappa shape index (κ1) is 26.2. The summed E-state index contributed by atoms with van der Waals surface area (Å²) in [4.78, 5) is 24.6. The number of carbonyl (C=O) groups is 2. The van der Waals surface area contributed by atoms with Gasteiger partial charge in [0.15, 0.2) is 5.75 Å². The molecule has 8 nitrogen and oxygen atoms in total. The van der Waals surface area contributed by atoms with Crippen molar-refractivity contribution in [2.24, 2.45) is 5.41 Å². The normalized spacial score (nSPS) is 19.7. The van der Waals surface area contributed by atoms with Crippen molar-refractivity contribution in [1.82, 2.24) is 9.62 Å². The van der Waals surface area contributed by atoms with Crippen molar-refractivity contribution in [2.45, 2.75) is 50.2 Å². The van der Waals surface area contributed by atoms with Gasteiger partial charge in [-0.3, -0.25) is 14.9 Å². The number of rotatable bonds is 9. The monoisotopic (exact) mass is 507 g/mol. The van der Waals surface area contributed by atoms with Crippen molar-refractivity contribution >= 4 is 38.9 Å². The standard InChI is InChI=1S/C24H30ClN3O5S/c1-6-24(2,3)23(14-10-8-7-9-11-14)27-18-17(20(30)21(18)31)26-16-13-12-15(25)22(19(16)29)34(32,33)28(4)5/h7-13,17-18,23,26-27,29H,6H2,1-5H3. The third kappa shape index (κ3) is 4.70. The molecule has 1 saturated carbocycles. The second-order valence-corrected chi connectivity index (χ2v) is 11.7. The van der Waals surface area contributed by atoms with E-state index in [0.717, 1.165) is 16.3 Å². The van der Waals surface area contributed by atoms with Crippen molar-refractivity contribution in [3.05, 3.63) is 53.1 Å². The highest BCUT2D eigenvalue weighted by Crippen LogP contribution is 2.40. The smallest absolute Gasteiger partial charge is 0.247 e. The fraction of sp³-hybridized carbons (Fsp3) is 0.417. The molecule has 0 aromatic heterocycles. The fourth-order valence-corrected chi connectivity index (χ4v) is 5.37. The van der Waals surface area contributed by atoms with E-state index >= 15 is 0 Å². The van der Waals surface area contributed by atoms with Gasteiger partial charge >= 0.3 is 0 Å². The molecular weight excluding hydrogens is 478 g/mol. The molecule has 1 fully saturated rings. The van der Waals surface area contributed by atoms with Crippen molar-refractivity contribution in [3.8, 4) is 5.75 Å². The number of aromatic hydroxyl groups is 1. The lowest BCUT2D eigenvalue weighted by atomic mass is 9.75. The highest BCUT2D eigenvalue weighted by atomic mass is 35.5. The highest BCUT2D eigenvalue weighted by molar-refractivity contribution is 7.89. The summed E-state index contributed by atoms with van der Waals surface area (Å²) in [5.74, 6) is -1.83. The minimum absolute atomic E-state index is 0.00603. The van der Waals surface area contributed by atoms with Crippen molar-refractivity contribution < 1.29 is 23.1 Å². The summed E-state index contributed by atoms with van der Waals surface area (Å²) in [5.41, 5.74) is 0.739. The molecule has 2 aromatic rings. The maximum atomic E-state index is 12.6. The number of ketones is 2. The van der Waals surface area contributed by atoms with E-state index in [2.05, 4.69) is 31.4 Å². The van der Waals surface area contributed by atoms with E-state index in [0.29, 0.717) is 0 Å². The Morgan fingerprint density at radius 3 is 2.21 bits per heavy atom. The van der Waals surface area contributed by atoms with Gasteiger partial charge in [-0.2, -0.15) is 0 Å². The average Bonchev–Trinajstić information content (AvgIpc) is 2.79. The van der Waals surface area contributed by atoms with Gasteiger partial charge in [0.05, 0.1) is 10.7 Å². The molecule has 184 valence electrons. The van der Waals surface area contributed by atoms with Crippen LogP contribution in [0, 0.1) is 5.41 Å². The zero-order chi connectivity index (χ0) is 25.4.